The first-order valence-electron chi connectivity index (χ1n) is 9.56. The van der Waals surface area contributed by atoms with E-state index in [9.17, 15) is 18.8 Å². The van der Waals surface area contributed by atoms with E-state index in [1.54, 1.807) is 0 Å². The number of benzene rings is 2. The summed E-state index contributed by atoms with van der Waals surface area (Å²) in [7, 11) is 2.91. The molecule has 1 amide bonds. The second-order valence-electron chi connectivity index (χ2n) is 6.97. The Morgan fingerprint density at radius 1 is 1.00 bits per heavy atom. The molecule has 32 heavy (non-hydrogen) atoms. The zero-order chi connectivity index (χ0) is 22.8. The Balaban J connectivity index is 1.75. The minimum absolute atomic E-state index is 0.0519. The van der Waals surface area contributed by atoms with E-state index in [4.69, 9.17) is 0 Å². The SMILES string of the molecule is Cn1c(=O)c2c(SCC(=O)Nc3ccc(F)cc3)nc(-c3ccccc3)nc2n(C)c1=O. The Bertz CT molecular complexity index is 1430. The lowest BCUT2D eigenvalue weighted by Crippen LogP contribution is -2.37. The number of anilines is 1. The molecule has 0 atom stereocenters. The Labute approximate surface area is 185 Å². The molecule has 2 aromatic heterocycles. The molecule has 8 nitrogen and oxygen atoms in total. The van der Waals surface area contributed by atoms with Crippen molar-refractivity contribution >= 4 is 34.4 Å². The molecule has 0 spiro atoms. The van der Waals surface area contributed by atoms with E-state index in [-0.39, 0.29) is 22.7 Å². The molecule has 0 saturated carbocycles. The summed E-state index contributed by atoms with van der Waals surface area (Å²) in [6, 6.07) is 14.5. The molecule has 2 heterocycles. The number of aryl methyl sites for hydroxylation is 1. The summed E-state index contributed by atoms with van der Waals surface area (Å²) in [4.78, 5) is 46.7. The van der Waals surface area contributed by atoms with Crippen molar-refractivity contribution in [2.24, 2.45) is 14.1 Å². The van der Waals surface area contributed by atoms with Crippen molar-refractivity contribution < 1.29 is 9.18 Å². The summed E-state index contributed by atoms with van der Waals surface area (Å²) in [5.74, 6) is -0.470. The van der Waals surface area contributed by atoms with Crippen LogP contribution in [-0.2, 0) is 18.9 Å². The van der Waals surface area contributed by atoms with Gasteiger partial charge in [0.25, 0.3) is 5.56 Å². The zero-order valence-electron chi connectivity index (χ0n) is 17.2. The first kappa shape index (κ1) is 21.4. The number of fused-ring (bicyclic) bond motifs is 1. The van der Waals surface area contributed by atoms with Crippen molar-refractivity contribution in [3.63, 3.8) is 0 Å². The maximum Gasteiger partial charge on any atom is 0.332 e. The van der Waals surface area contributed by atoms with E-state index >= 15 is 0 Å². The Hall–Kier alpha value is -3.79. The largest absolute Gasteiger partial charge is 0.332 e. The van der Waals surface area contributed by atoms with Gasteiger partial charge in [0.1, 0.15) is 16.2 Å². The smallest absolute Gasteiger partial charge is 0.325 e. The lowest BCUT2D eigenvalue weighted by molar-refractivity contribution is -0.113. The fraction of sp³-hybridized carbons (Fsp3) is 0.136. The maximum atomic E-state index is 13.1. The molecule has 10 heteroatoms. The van der Waals surface area contributed by atoms with Gasteiger partial charge < -0.3 is 5.32 Å². The van der Waals surface area contributed by atoms with E-state index in [1.807, 2.05) is 30.3 Å². The molecule has 162 valence electrons. The molecule has 1 N–H and O–H groups in total. The third kappa shape index (κ3) is 4.17. The number of hydrogen-bond acceptors (Lipinski definition) is 6. The molecule has 0 saturated heterocycles. The highest BCUT2D eigenvalue weighted by Crippen LogP contribution is 2.26. The maximum absolute atomic E-state index is 13.1. The quantitative estimate of drug-likeness (QED) is 0.370. The van der Waals surface area contributed by atoms with Crippen LogP contribution < -0.4 is 16.6 Å². The molecule has 0 bridgehead atoms. The van der Waals surface area contributed by atoms with Gasteiger partial charge in [-0.25, -0.2) is 19.2 Å². The normalized spacial score (nSPS) is 11.0. The van der Waals surface area contributed by atoms with E-state index in [0.29, 0.717) is 22.1 Å². The van der Waals surface area contributed by atoms with Crippen LogP contribution in [0.5, 0.6) is 0 Å². The van der Waals surface area contributed by atoms with E-state index in [0.717, 1.165) is 16.3 Å². The molecule has 0 aliphatic rings. The highest BCUT2D eigenvalue weighted by atomic mass is 32.2. The van der Waals surface area contributed by atoms with Gasteiger partial charge in [-0.2, -0.15) is 0 Å². The topological polar surface area (TPSA) is 98.9 Å². The van der Waals surface area contributed by atoms with Gasteiger partial charge in [-0.3, -0.25) is 18.7 Å². The van der Waals surface area contributed by atoms with Gasteiger partial charge in [0.15, 0.2) is 11.5 Å². The van der Waals surface area contributed by atoms with Crippen LogP contribution in [0, 0.1) is 5.82 Å². The van der Waals surface area contributed by atoms with Crippen LogP contribution in [0.15, 0.2) is 69.2 Å². The molecule has 2 aromatic carbocycles. The number of halogens is 1. The van der Waals surface area contributed by atoms with Crippen LogP contribution in [0.3, 0.4) is 0 Å². The van der Waals surface area contributed by atoms with Crippen molar-refractivity contribution in [1.29, 1.82) is 0 Å². The van der Waals surface area contributed by atoms with Gasteiger partial charge in [0.2, 0.25) is 5.91 Å². The minimum Gasteiger partial charge on any atom is -0.325 e. The second kappa shape index (κ2) is 8.75. The highest BCUT2D eigenvalue weighted by Gasteiger charge is 2.19. The van der Waals surface area contributed by atoms with Crippen molar-refractivity contribution in [1.82, 2.24) is 19.1 Å². The molecule has 0 unspecified atom stereocenters. The van der Waals surface area contributed by atoms with Gasteiger partial charge in [0, 0.05) is 25.3 Å². The van der Waals surface area contributed by atoms with Crippen LogP contribution in [0.2, 0.25) is 0 Å². The average molecular weight is 451 g/mol. The predicted molar refractivity (Wildman–Crippen MR) is 121 cm³/mol. The van der Waals surface area contributed by atoms with Crippen LogP contribution in [0.4, 0.5) is 10.1 Å². The van der Waals surface area contributed by atoms with E-state index < -0.39 is 17.1 Å². The number of amides is 1. The summed E-state index contributed by atoms with van der Waals surface area (Å²) >= 11 is 1.06. The zero-order valence-corrected chi connectivity index (χ0v) is 18.0. The molecular weight excluding hydrogens is 433 g/mol. The minimum atomic E-state index is -0.538. The van der Waals surface area contributed by atoms with Gasteiger partial charge in [-0.15, -0.1) is 0 Å². The Morgan fingerprint density at radius 3 is 2.38 bits per heavy atom. The Kier molecular flexibility index (Phi) is 5.87. The number of nitrogens with zero attached hydrogens (tertiary/aromatic N) is 4. The number of nitrogens with one attached hydrogen (secondary N) is 1. The monoisotopic (exact) mass is 451 g/mol. The Morgan fingerprint density at radius 2 is 1.69 bits per heavy atom. The first-order chi connectivity index (χ1) is 15.3. The summed E-state index contributed by atoms with van der Waals surface area (Å²) in [6.45, 7) is 0. The second-order valence-corrected chi connectivity index (χ2v) is 7.93. The summed E-state index contributed by atoms with van der Waals surface area (Å²) in [5.41, 5.74) is 0.302. The lowest BCUT2D eigenvalue weighted by atomic mass is 10.2. The van der Waals surface area contributed by atoms with Crippen molar-refractivity contribution in [3.05, 3.63) is 81.3 Å². The van der Waals surface area contributed by atoms with Crippen LogP contribution in [0.1, 0.15) is 0 Å². The lowest BCUT2D eigenvalue weighted by Gasteiger charge is -2.12. The number of thioether (sulfide) groups is 1. The fourth-order valence-corrected chi connectivity index (χ4v) is 3.93. The molecule has 0 aliphatic heterocycles. The third-order valence-corrected chi connectivity index (χ3v) is 5.74. The number of carbonyl (C=O) groups is 1. The van der Waals surface area contributed by atoms with Crippen LogP contribution >= 0.6 is 11.8 Å². The van der Waals surface area contributed by atoms with E-state index in [2.05, 4.69) is 15.3 Å². The van der Waals surface area contributed by atoms with Gasteiger partial charge in [-0.05, 0) is 24.3 Å². The summed E-state index contributed by atoms with van der Waals surface area (Å²) < 4.78 is 15.3. The van der Waals surface area contributed by atoms with Gasteiger partial charge >= 0.3 is 5.69 Å². The standard InChI is InChI=1S/C22H18FN5O3S/c1-27-19-17(21(30)28(2)22(27)31)20(26-18(25-19)13-6-4-3-5-7-13)32-12-16(29)24-15-10-8-14(23)9-11-15/h3-11H,12H2,1-2H3,(H,24,29). The first-order valence-corrected chi connectivity index (χ1v) is 10.5. The molecule has 0 radical (unpaired) electrons. The van der Waals surface area contributed by atoms with Crippen molar-refractivity contribution in [2.75, 3.05) is 11.1 Å². The number of carbonyl (C=O) groups excluding carboxylic acids is 1. The molecular formula is C22H18FN5O3S. The van der Waals surface area contributed by atoms with Crippen molar-refractivity contribution in [3.8, 4) is 11.4 Å². The van der Waals surface area contributed by atoms with Crippen LogP contribution in [0.25, 0.3) is 22.4 Å². The van der Waals surface area contributed by atoms with Crippen LogP contribution in [-0.4, -0.2) is 30.8 Å². The molecule has 0 fully saturated rings. The predicted octanol–water partition coefficient (Wildman–Crippen LogP) is 2.56. The third-order valence-electron chi connectivity index (χ3n) is 4.77. The van der Waals surface area contributed by atoms with Gasteiger partial charge in [-0.1, -0.05) is 42.1 Å². The number of aromatic nitrogens is 4. The fourth-order valence-electron chi connectivity index (χ4n) is 3.11. The van der Waals surface area contributed by atoms with Crippen molar-refractivity contribution in [2.45, 2.75) is 5.03 Å². The molecule has 0 aliphatic carbocycles. The highest BCUT2D eigenvalue weighted by molar-refractivity contribution is 8.00. The average Bonchev–Trinajstić information content (AvgIpc) is 2.81. The number of rotatable bonds is 5. The summed E-state index contributed by atoms with van der Waals surface area (Å²) in [6.07, 6.45) is 0. The molecule has 4 aromatic rings. The van der Waals surface area contributed by atoms with Gasteiger partial charge in [0.05, 0.1) is 5.75 Å². The summed E-state index contributed by atoms with van der Waals surface area (Å²) in [5, 5.41) is 3.12. The van der Waals surface area contributed by atoms with E-state index in [1.165, 1.54) is 42.9 Å². The molecule has 4 rings (SSSR count). The number of hydrogen-bond donors (Lipinski definition) is 1.